The third-order valence-corrected chi connectivity index (χ3v) is 5.68. The molecule has 0 saturated carbocycles. The molecule has 3 N–H and O–H groups in total. The van der Waals surface area contributed by atoms with Crippen molar-refractivity contribution in [1.29, 1.82) is 0 Å². The number of rotatable bonds is 5. The molecule has 4 aromatic rings. The van der Waals surface area contributed by atoms with Crippen LogP contribution in [0.3, 0.4) is 0 Å². The molecule has 7 nitrogen and oxygen atoms in total. The molecule has 1 aliphatic rings. The van der Waals surface area contributed by atoms with Crippen LogP contribution in [0.5, 0.6) is 0 Å². The number of fused-ring (bicyclic) bond motifs is 1. The van der Waals surface area contributed by atoms with Gasteiger partial charge in [-0.1, -0.05) is 29.4 Å². The summed E-state index contributed by atoms with van der Waals surface area (Å²) in [4.78, 5) is 19.4. The molecule has 162 valence electrons. The number of aromatic nitrogens is 3. The highest BCUT2D eigenvalue weighted by molar-refractivity contribution is 5.92. The molecule has 0 aliphatic carbocycles. The predicted molar refractivity (Wildman–Crippen MR) is 124 cm³/mol. The summed E-state index contributed by atoms with van der Waals surface area (Å²) < 4.78 is 14.3. The molecule has 1 fully saturated rings. The first-order chi connectivity index (χ1) is 15.6. The van der Waals surface area contributed by atoms with Gasteiger partial charge in [-0.05, 0) is 35.7 Å². The maximum atomic E-state index is 14.3. The minimum absolute atomic E-state index is 0.0946. The Balaban J connectivity index is 1.69. The number of anilines is 1. The van der Waals surface area contributed by atoms with E-state index in [0.717, 1.165) is 47.5 Å². The number of nitrogens with one attached hydrogen (secondary N) is 1. The van der Waals surface area contributed by atoms with E-state index in [1.54, 1.807) is 18.5 Å². The van der Waals surface area contributed by atoms with Crippen molar-refractivity contribution in [2.75, 3.05) is 25.1 Å². The fourth-order valence-corrected chi connectivity index (χ4v) is 4.19. The summed E-state index contributed by atoms with van der Waals surface area (Å²) in [7, 11) is 1.51. The molecule has 0 radical (unpaired) electrons. The molecule has 1 unspecified atom stereocenters. The van der Waals surface area contributed by atoms with E-state index in [-0.39, 0.29) is 11.9 Å². The number of hydrogen-bond donors (Lipinski definition) is 2. The van der Waals surface area contributed by atoms with Gasteiger partial charge in [0.05, 0.1) is 23.0 Å². The molecule has 5 rings (SSSR count). The summed E-state index contributed by atoms with van der Waals surface area (Å²) >= 11 is 0. The molecule has 1 saturated heterocycles. The van der Waals surface area contributed by atoms with Crippen molar-refractivity contribution in [2.45, 2.75) is 12.5 Å². The smallest absolute Gasteiger partial charge is 0.151 e. The molecule has 2 aromatic carbocycles. The molecule has 3 heterocycles. The maximum absolute atomic E-state index is 14.3. The zero-order valence-corrected chi connectivity index (χ0v) is 17.6. The van der Waals surface area contributed by atoms with Crippen molar-refractivity contribution < 1.29 is 9.23 Å². The number of aromatic amines is 1. The molecule has 2 aromatic heterocycles. The van der Waals surface area contributed by atoms with Gasteiger partial charge in [-0.15, -0.1) is 0 Å². The van der Waals surface area contributed by atoms with Crippen molar-refractivity contribution in [3.05, 3.63) is 66.2 Å². The van der Waals surface area contributed by atoms with Crippen LogP contribution in [-0.4, -0.2) is 47.4 Å². The van der Waals surface area contributed by atoms with E-state index in [4.69, 9.17) is 10.6 Å². The number of H-pyrrole nitrogens is 1. The lowest BCUT2D eigenvalue weighted by molar-refractivity contribution is 0.215. The number of benzene rings is 2. The van der Waals surface area contributed by atoms with E-state index in [0.29, 0.717) is 16.9 Å². The molecule has 0 bridgehead atoms. The van der Waals surface area contributed by atoms with Crippen molar-refractivity contribution in [3.8, 4) is 22.5 Å². The minimum Gasteiger partial charge on any atom is -0.399 e. The van der Waals surface area contributed by atoms with Crippen molar-refractivity contribution in [3.63, 3.8) is 0 Å². The second-order valence-corrected chi connectivity index (χ2v) is 7.84. The highest BCUT2D eigenvalue weighted by atomic mass is 19.1. The summed E-state index contributed by atoms with van der Waals surface area (Å²) in [6.07, 6.45) is 6.18. The standard InChI is InChI=1S/C24H23FN6O/c1-32-28-11-15-4-2-5-16(10-15)18-12-27-13-19(23(18)31-9-8-17(26)14-31)24-29-21-7-3-6-20(25)22(21)30-24/h2-7,10-13,17H,8-9,14,26H2,1H3,(H,29,30)/b28-11+. The Kier molecular flexibility index (Phi) is 5.28. The Hall–Kier alpha value is -3.78. The molecule has 32 heavy (non-hydrogen) atoms. The van der Waals surface area contributed by atoms with Gasteiger partial charge < -0.3 is 20.5 Å². The first-order valence-electron chi connectivity index (χ1n) is 10.4. The zero-order valence-electron chi connectivity index (χ0n) is 17.6. The zero-order chi connectivity index (χ0) is 22.1. The van der Waals surface area contributed by atoms with E-state index >= 15 is 0 Å². The fourth-order valence-electron chi connectivity index (χ4n) is 4.19. The summed E-state index contributed by atoms with van der Waals surface area (Å²) in [6, 6.07) is 13.0. The number of hydrogen-bond acceptors (Lipinski definition) is 6. The van der Waals surface area contributed by atoms with Gasteiger partial charge in [0.15, 0.2) is 5.82 Å². The van der Waals surface area contributed by atoms with Gasteiger partial charge >= 0.3 is 0 Å². The largest absolute Gasteiger partial charge is 0.399 e. The average molecular weight is 430 g/mol. The van der Waals surface area contributed by atoms with Crippen molar-refractivity contribution >= 4 is 22.9 Å². The first-order valence-corrected chi connectivity index (χ1v) is 10.4. The van der Waals surface area contributed by atoms with Gasteiger partial charge in [0.1, 0.15) is 18.5 Å². The van der Waals surface area contributed by atoms with Crippen LogP contribution in [0.4, 0.5) is 10.1 Å². The maximum Gasteiger partial charge on any atom is 0.151 e. The van der Waals surface area contributed by atoms with Gasteiger partial charge in [0.2, 0.25) is 0 Å². The van der Waals surface area contributed by atoms with Crippen LogP contribution in [0.2, 0.25) is 0 Å². The van der Waals surface area contributed by atoms with E-state index in [1.807, 2.05) is 36.5 Å². The molecular formula is C24H23FN6O. The number of pyridine rings is 1. The van der Waals surface area contributed by atoms with Crippen molar-refractivity contribution in [2.24, 2.45) is 10.9 Å². The van der Waals surface area contributed by atoms with E-state index < -0.39 is 0 Å². The number of nitrogens with two attached hydrogens (primary N) is 1. The summed E-state index contributed by atoms with van der Waals surface area (Å²) in [6.45, 7) is 1.55. The van der Waals surface area contributed by atoms with Crippen LogP contribution in [-0.2, 0) is 4.84 Å². The number of imidazole rings is 1. The molecule has 1 atom stereocenters. The Morgan fingerprint density at radius 2 is 2.06 bits per heavy atom. The summed E-state index contributed by atoms with van der Waals surface area (Å²) in [5.74, 6) is 0.219. The molecule has 0 amide bonds. The Labute approximate surface area is 184 Å². The lowest BCUT2D eigenvalue weighted by Gasteiger charge is -2.24. The normalized spacial score (nSPS) is 16.3. The number of para-hydroxylation sites is 1. The van der Waals surface area contributed by atoms with Crippen LogP contribution in [0.15, 0.2) is 60.0 Å². The molecule has 0 spiro atoms. The SMILES string of the molecule is CO/N=C/c1cccc(-c2cncc(-c3nc4c(F)cccc4[nH]3)c2N2CCC(N)C2)c1. The highest BCUT2D eigenvalue weighted by Gasteiger charge is 2.26. The molecule has 1 aliphatic heterocycles. The number of nitrogens with zero attached hydrogens (tertiary/aromatic N) is 4. The first kappa shape index (κ1) is 20.1. The monoisotopic (exact) mass is 430 g/mol. The van der Waals surface area contributed by atoms with Gasteiger partial charge in [-0.3, -0.25) is 4.98 Å². The van der Waals surface area contributed by atoms with Gasteiger partial charge in [0.25, 0.3) is 0 Å². The quantitative estimate of drug-likeness (QED) is 0.369. The summed E-state index contributed by atoms with van der Waals surface area (Å²) in [5, 5.41) is 3.87. The van der Waals surface area contributed by atoms with Gasteiger partial charge in [-0.2, -0.15) is 0 Å². The lowest BCUT2D eigenvalue weighted by Crippen LogP contribution is -2.27. The van der Waals surface area contributed by atoms with E-state index in [1.165, 1.54) is 13.2 Å². The minimum atomic E-state index is -0.357. The fraction of sp³-hybridized carbons (Fsp3) is 0.208. The van der Waals surface area contributed by atoms with E-state index in [9.17, 15) is 4.39 Å². The van der Waals surface area contributed by atoms with Crippen LogP contribution >= 0.6 is 0 Å². The number of oxime groups is 1. The Morgan fingerprint density at radius 1 is 1.22 bits per heavy atom. The highest BCUT2D eigenvalue weighted by Crippen LogP contribution is 2.40. The van der Waals surface area contributed by atoms with Gasteiger partial charge in [0, 0.05) is 37.1 Å². The predicted octanol–water partition coefficient (Wildman–Crippen LogP) is 3.95. The Morgan fingerprint density at radius 3 is 2.84 bits per heavy atom. The molecular weight excluding hydrogens is 407 g/mol. The van der Waals surface area contributed by atoms with Crippen LogP contribution in [0.25, 0.3) is 33.5 Å². The second-order valence-electron chi connectivity index (χ2n) is 7.84. The Bertz CT molecular complexity index is 1300. The van der Waals surface area contributed by atoms with Crippen LogP contribution in [0.1, 0.15) is 12.0 Å². The summed E-state index contributed by atoms with van der Waals surface area (Å²) in [5.41, 5.74) is 11.8. The molecule has 8 heteroatoms. The lowest BCUT2D eigenvalue weighted by atomic mass is 10.00. The average Bonchev–Trinajstić information content (AvgIpc) is 3.44. The van der Waals surface area contributed by atoms with E-state index in [2.05, 4.69) is 25.0 Å². The number of halogens is 1. The third-order valence-electron chi connectivity index (χ3n) is 5.68. The third kappa shape index (κ3) is 3.69. The van der Waals surface area contributed by atoms with Crippen molar-refractivity contribution in [1.82, 2.24) is 15.0 Å². The second kappa shape index (κ2) is 8.39. The topological polar surface area (TPSA) is 92.4 Å². The van der Waals surface area contributed by atoms with Crippen LogP contribution in [0, 0.1) is 5.82 Å². The van der Waals surface area contributed by atoms with Gasteiger partial charge in [-0.25, -0.2) is 9.37 Å². The van der Waals surface area contributed by atoms with Crippen LogP contribution < -0.4 is 10.6 Å².